The molecule has 4 nitrogen and oxygen atoms in total. The van der Waals surface area contributed by atoms with Crippen molar-refractivity contribution in [2.24, 2.45) is 0 Å². The normalized spacial score (nSPS) is 13.8. The molecule has 0 atom stereocenters. The molecule has 1 aromatic heterocycles. The molecule has 0 unspecified atom stereocenters. The second kappa shape index (κ2) is 10.7. The maximum atomic E-state index is 13.5. The quantitative estimate of drug-likeness (QED) is 0.254. The topological polar surface area (TPSA) is 39.9 Å². The van der Waals surface area contributed by atoms with E-state index in [1.165, 1.54) is 0 Å². The second-order valence-corrected chi connectivity index (χ2v) is 6.89. The van der Waals surface area contributed by atoms with Crippen molar-refractivity contribution < 1.29 is 44.3 Å². The third-order valence-electron chi connectivity index (χ3n) is 4.34. The molecule has 0 aliphatic carbocycles. The molecule has 0 saturated carbocycles. The van der Waals surface area contributed by atoms with Crippen molar-refractivity contribution in [1.82, 2.24) is 15.0 Å². The highest BCUT2D eigenvalue weighted by Gasteiger charge is 2.81. The summed E-state index contributed by atoms with van der Waals surface area (Å²) in [6, 6.07) is 0. The zero-order valence-electron chi connectivity index (χ0n) is 16.3. The highest BCUT2D eigenvalue weighted by atomic mass is 19.4. The van der Waals surface area contributed by atoms with Gasteiger partial charge in [0.2, 0.25) is 0 Å². The Morgan fingerprint density at radius 1 is 0.867 bits per heavy atom. The molecule has 0 spiro atoms. The number of aromatic nitrogens is 3. The van der Waals surface area contributed by atoms with Crippen molar-refractivity contribution in [3.63, 3.8) is 0 Å². The van der Waals surface area contributed by atoms with E-state index >= 15 is 0 Å². The summed E-state index contributed by atoms with van der Waals surface area (Å²) in [6.45, 7) is 1.44. The van der Waals surface area contributed by atoms with E-state index in [1.54, 1.807) is 0 Å². The third kappa shape index (κ3) is 6.74. The van der Waals surface area contributed by atoms with Crippen LogP contribution in [0, 0.1) is 0 Å². The lowest BCUT2D eigenvalue weighted by molar-refractivity contribution is -0.397. The third-order valence-corrected chi connectivity index (χ3v) is 4.34. The van der Waals surface area contributed by atoms with Gasteiger partial charge in [-0.15, -0.1) is 5.10 Å². The minimum absolute atomic E-state index is 0.0341. The summed E-state index contributed by atoms with van der Waals surface area (Å²) in [5, 5.41) is 6.91. The Hall–Kier alpha value is -1.53. The van der Waals surface area contributed by atoms with Crippen LogP contribution < -0.4 is 0 Å². The van der Waals surface area contributed by atoms with Gasteiger partial charge in [0.1, 0.15) is 5.69 Å². The summed E-state index contributed by atoms with van der Waals surface area (Å²) in [6.07, 6.45) is -1.50. The average molecular weight is 457 g/mol. The van der Waals surface area contributed by atoms with Crippen molar-refractivity contribution in [2.75, 3.05) is 6.61 Å². The molecule has 176 valence electrons. The molecular weight excluding hydrogens is 433 g/mol. The van der Waals surface area contributed by atoms with Crippen LogP contribution in [-0.4, -0.2) is 45.5 Å². The lowest BCUT2D eigenvalue weighted by Gasteiger charge is -2.33. The fourth-order valence-corrected chi connectivity index (χ4v) is 2.49. The van der Waals surface area contributed by atoms with Gasteiger partial charge in [0, 0.05) is 19.6 Å². The molecule has 0 bridgehead atoms. The monoisotopic (exact) mass is 457 g/mol. The zero-order chi connectivity index (χ0) is 23.1. The molecular formula is C17H24F9N3O. The van der Waals surface area contributed by atoms with Crippen molar-refractivity contribution in [3.8, 4) is 0 Å². The van der Waals surface area contributed by atoms with E-state index < -0.39 is 36.9 Å². The van der Waals surface area contributed by atoms with Gasteiger partial charge < -0.3 is 4.74 Å². The maximum absolute atomic E-state index is 13.5. The molecule has 1 heterocycles. The second-order valence-electron chi connectivity index (χ2n) is 6.89. The van der Waals surface area contributed by atoms with Gasteiger partial charge in [-0.2, -0.15) is 39.5 Å². The first kappa shape index (κ1) is 26.5. The van der Waals surface area contributed by atoms with Crippen LogP contribution in [0.5, 0.6) is 0 Å². The van der Waals surface area contributed by atoms with Crippen LogP contribution in [0.3, 0.4) is 0 Å². The van der Waals surface area contributed by atoms with Crippen molar-refractivity contribution in [2.45, 2.75) is 89.0 Å². The van der Waals surface area contributed by atoms with Crippen LogP contribution in [-0.2, 0) is 17.9 Å². The molecule has 30 heavy (non-hydrogen) atoms. The predicted octanol–water partition coefficient (Wildman–Crippen LogP) is 6.01. The number of hydrogen-bond donors (Lipinski definition) is 0. The van der Waals surface area contributed by atoms with E-state index in [0.717, 1.165) is 44.7 Å². The summed E-state index contributed by atoms with van der Waals surface area (Å²) in [4.78, 5) is 0. The zero-order valence-corrected chi connectivity index (χ0v) is 16.3. The molecule has 0 aliphatic rings. The van der Waals surface area contributed by atoms with Crippen molar-refractivity contribution in [3.05, 3.63) is 11.9 Å². The smallest absolute Gasteiger partial charge is 0.375 e. The van der Waals surface area contributed by atoms with Gasteiger partial charge in [0.05, 0.1) is 12.8 Å². The van der Waals surface area contributed by atoms with Gasteiger partial charge in [-0.25, -0.2) is 0 Å². The lowest BCUT2D eigenvalue weighted by atomic mass is 10.0. The number of alkyl halides is 9. The SMILES string of the molecule is CCCCCCCCOCc1cn(CCC(F)(F)C(F)(F)C(F)(F)C(F)(F)F)nn1. The van der Waals surface area contributed by atoms with Gasteiger partial charge in [-0.1, -0.05) is 44.2 Å². The van der Waals surface area contributed by atoms with Gasteiger partial charge in [0.25, 0.3) is 0 Å². The van der Waals surface area contributed by atoms with E-state index in [1.807, 2.05) is 0 Å². The molecule has 0 aliphatic heterocycles. The number of aryl methyl sites for hydroxylation is 1. The summed E-state index contributed by atoms with van der Waals surface area (Å²) < 4.78 is 121. The van der Waals surface area contributed by atoms with Gasteiger partial charge in [0.15, 0.2) is 0 Å². The summed E-state index contributed by atoms with van der Waals surface area (Å²) in [7, 11) is 0. The molecule has 0 aromatic carbocycles. The number of halogens is 9. The predicted molar refractivity (Wildman–Crippen MR) is 88.6 cm³/mol. The van der Waals surface area contributed by atoms with E-state index in [2.05, 4.69) is 17.2 Å². The molecule has 0 amide bonds. The average Bonchev–Trinajstić information content (AvgIpc) is 3.09. The fourth-order valence-electron chi connectivity index (χ4n) is 2.49. The number of rotatable bonds is 14. The Labute approximate surface area is 167 Å². The largest absolute Gasteiger partial charge is 0.460 e. The molecule has 13 heteroatoms. The summed E-state index contributed by atoms with van der Waals surface area (Å²) >= 11 is 0. The summed E-state index contributed by atoms with van der Waals surface area (Å²) in [5.41, 5.74) is 0.177. The Morgan fingerprint density at radius 3 is 2.07 bits per heavy atom. The van der Waals surface area contributed by atoms with Crippen LogP contribution in [0.1, 0.15) is 57.6 Å². The van der Waals surface area contributed by atoms with Crippen LogP contribution in [0.4, 0.5) is 39.5 Å². The highest BCUT2D eigenvalue weighted by Crippen LogP contribution is 2.54. The van der Waals surface area contributed by atoms with E-state index in [4.69, 9.17) is 4.74 Å². The maximum Gasteiger partial charge on any atom is 0.460 e. The van der Waals surface area contributed by atoms with E-state index in [9.17, 15) is 39.5 Å². The first-order chi connectivity index (χ1) is 13.8. The van der Waals surface area contributed by atoms with E-state index in [0.29, 0.717) is 11.3 Å². The molecule has 0 fully saturated rings. The minimum Gasteiger partial charge on any atom is -0.375 e. The molecule has 1 rings (SSSR count). The number of nitrogens with zero attached hydrogens (tertiary/aromatic N) is 3. The van der Waals surface area contributed by atoms with Gasteiger partial charge >= 0.3 is 23.9 Å². The van der Waals surface area contributed by atoms with Crippen LogP contribution in [0.15, 0.2) is 6.20 Å². The van der Waals surface area contributed by atoms with Crippen molar-refractivity contribution >= 4 is 0 Å². The fraction of sp³-hybridized carbons (Fsp3) is 0.882. The van der Waals surface area contributed by atoms with Gasteiger partial charge in [-0.05, 0) is 6.42 Å². The Kier molecular flexibility index (Phi) is 9.43. The van der Waals surface area contributed by atoms with Crippen LogP contribution in [0.2, 0.25) is 0 Å². The highest BCUT2D eigenvalue weighted by molar-refractivity contribution is 5.00. The molecule has 1 aromatic rings. The Morgan fingerprint density at radius 2 is 1.47 bits per heavy atom. The number of hydrogen-bond acceptors (Lipinski definition) is 3. The number of ether oxygens (including phenoxy) is 1. The van der Waals surface area contributed by atoms with E-state index in [-0.39, 0.29) is 12.3 Å². The Bertz CT molecular complexity index is 632. The lowest BCUT2D eigenvalue weighted by Crippen LogP contribution is -2.61. The summed E-state index contributed by atoms with van der Waals surface area (Å²) in [5.74, 6) is -19.1. The first-order valence-electron chi connectivity index (χ1n) is 9.43. The van der Waals surface area contributed by atoms with Gasteiger partial charge in [-0.3, -0.25) is 4.68 Å². The molecule has 0 radical (unpaired) electrons. The molecule has 0 saturated heterocycles. The Balaban J connectivity index is 2.49. The first-order valence-corrected chi connectivity index (χ1v) is 9.43. The van der Waals surface area contributed by atoms with Crippen LogP contribution in [0.25, 0.3) is 0 Å². The van der Waals surface area contributed by atoms with Crippen molar-refractivity contribution in [1.29, 1.82) is 0 Å². The van der Waals surface area contributed by atoms with Crippen LogP contribution >= 0.6 is 0 Å². The molecule has 0 N–H and O–H groups in total. The standard InChI is InChI=1S/C17H24F9N3O/c1-2-3-4-5-6-7-10-30-12-13-11-29(28-27-13)9-8-14(18,19)15(20,21)16(22,23)17(24,25)26/h11H,2-10,12H2,1H3. The number of unbranched alkanes of at least 4 members (excludes halogenated alkanes) is 5. The minimum atomic E-state index is -6.89.